The molecule has 7 nitrogen and oxygen atoms in total. The van der Waals surface area contributed by atoms with Crippen molar-refractivity contribution in [2.75, 3.05) is 17.7 Å². The fourth-order valence-electron chi connectivity index (χ4n) is 4.74. The highest BCUT2D eigenvalue weighted by Crippen LogP contribution is 2.37. The van der Waals surface area contributed by atoms with Crippen molar-refractivity contribution >= 4 is 45.3 Å². The van der Waals surface area contributed by atoms with Crippen LogP contribution in [0.25, 0.3) is 11.4 Å². The highest BCUT2D eigenvalue weighted by molar-refractivity contribution is 7.99. The zero-order chi connectivity index (χ0) is 24.2. The van der Waals surface area contributed by atoms with Crippen LogP contribution in [0.3, 0.4) is 0 Å². The number of nitrogens with one attached hydrogen (secondary N) is 1. The van der Waals surface area contributed by atoms with Gasteiger partial charge in [-0.1, -0.05) is 24.6 Å². The minimum absolute atomic E-state index is 0.125. The zero-order valence-corrected chi connectivity index (χ0v) is 22.3. The normalized spacial score (nSPS) is 18.0. The molecule has 1 amide bonds. The van der Waals surface area contributed by atoms with Crippen molar-refractivity contribution in [2.45, 2.75) is 76.1 Å². The third kappa shape index (κ3) is 5.64. The Balaban J connectivity index is 1.30. The summed E-state index contributed by atoms with van der Waals surface area (Å²) in [7, 11) is 0. The molecule has 35 heavy (non-hydrogen) atoms. The quantitative estimate of drug-likeness (QED) is 0.389. The van der Waals surface area contributed by atoms with Gasteiger partial charge < -0.3 is 10.1 Å². The first-order valence-electron chi connectivity index (χ1n) is 12.2. The number of thiophene rings is 2. The van der Waals surface area contributed by atoms with Crippen molar-refractivity contribution in [3.63, 3.8) is 0 Å². The van der Waals surface area contributed by atoms with Crippen LogP contribution < -0.4 is 5.32 Å². The summed E-state index contributed by atoms with van der Waals surface area (Å²) in [5, 5.41) is 25.2. The largest absolute Gasteiger partial charge is 0.376 e. The monoisotopic (exact) mass is 527 g/mol. The lowest BCUT2D eigenvalue weighted by Gasteiger charge is -2.14. The number of carbonyl (C=O) groups is 1. The van der Waals surface area contributed by atoms with Gasteiger partial charge in [0, 0.05) is 27.3 Å². The zero-order valence-electron chi connectivity index (χ0n) is 19.8. The fraction of sp³-hybridized carbons (Fsp3) is 0.520. The molecule has 0 spiro atoms. The number of hydrogen-bond acceptors (Lipinski definition) is 8. The van der Waals surface area contributed by atoms with Crippen LogP contribution in [0.15, 0.2) is 16.6 Å². The molecule has 10 heteroatoms. The molecule has 184 valence electrons. The maximum atomic E-state index is 12.9. The molecule has 0 radical (unpaired) electrons. The topological polar surface area (TPSA) is 92.8 Å². The molecule has 0 saturated carbocycles. The predicted octanol–water partition coefficient (Wildman–Crippen LogP) is 5.82. The minimum atomic E-state index is -0.125. The lowest BCUT2D eigenvalue weighted by molar-refractivity contribution is -0.113. The lowest BCUT2D eigenvalue weighted by Crippen LogP contribution is -2.18. The van der Waals surface area contributed by atoms with E-state index in [4.69, 9.17) is 4.74 Å². The minimum Gasteiger partial charge on any atom is -0.376 e. The van der Waals surface area contributed by atoms with E-state index >= 15 is 0 Å². The van der Waals surface area contributed by atoms with Crippen LogP contribution >= 0.6 is 34.4 Å². The molecule has 1 aliphatic heterocycles. The van der Waals surface area contributed by atoms with E-state index in [1.807, 2.05) is 0 Å². The first kappa shape index (κ1) is 24.5. The second-order valence-electron chi connectivity index (χ2n) is 9.07. The number of thioether (sulfide) groups is 1. The second kappa shape index (κ2) is 11.2. The van der Waals surface area contributed by atoms with Crippen molar-refractivity contribution < 1.29 is 9.53 Å². The van der Waals surface area contributed by atoms with E-state index in [0.717, 1.165) is 62.1 Å². The number of anilines is 1. The fourth-order valence-corrected chi connectivity index (χ4v) is 7.43. The Kier molecular flexibility index (Phi) is 7.88. The van der Waals surface area contributed by atoms with Gasteiger partial charge in [-0.05, 0) is 57.1 Å². The number of aryl methyl sites for hydroxylation is 2. The predicted molar refractivity (Wildman–Crippen MR) is 141 cm³/mol. The summed E-state index contributed by atoms with van der Waals surface area (Å²) in [5.74, 6) is 0.901. The average Bonchev–Trinajstić information content (AvgIpc) is 3.62. The molecule has 0 bridgehead atoms. The molecule has 3 aromatic rings. The van der Waals surface area contributed by atoms with Crippen molar-refractivity contribution in [3.8, 4) is 17.5 Å². The summed E-state index contributed by atoms with van der Waals surface area (Å²) in [6.07, 6.45) is 8.84. The van der Waals surface area contributed by atoms with Crippen LogP contribution in [0, 0.1) is 18.3 Å². The molecule has 1 N–H and O–H groups in total. The Bertz CT molecular complexity index is 1230. The smallest absolute Gasteiger partial charge is 0.235 e. The average molecular weight is 528 g/mol. The van der Waals surface area contributed by atoms with Gasteiger partial charge in [-0.25, -0.2) is 0 Å². The summed E-state index contributed by atoms with van der Waals surface area (Å²) in [6.45, 7) is 3.55. The number of fused-ring (bicyclic) bond motifs is 1. The maximum Gasteiger partial charge on any atom is 0.235 e. The lowest BCUT2D eigenvalue weighted by atomic mass is 9.97. The third-order valence-corrected chi connectivity index (χ3v) is 9.52. The number of hydrogen-bond donors (Lipinski definition) is 1. The van der Waals surface area contributed by atoms with Crippen molar-refractivity contribution in [1.82, 2.24) is 14.8 Å². The Morgan fingerprint density at radius 2 is 2.14 bits per heavy atom. The third-order valence-electron chi connectivity index (χ3n) is 6.48. The van der Waals surface area contributed by atoms with Gasteiger partial charge in [0.1, 0.15) is 11.1 Å². The maximum absolute atomic E-state index is 12.9. The highest BCUT2D eigenvalue weighted by atomic mass is 32.2. The molecule has 0 aromatic carbocycles. The highest BCUT2D eigenvalue weighted by Gasteiger charge is 2.24. The van der Waals surface area contributed by atoms with E-state index in [9.17, 15) is 10.1 Å². The molecule has 4 heterocycles. The number of carbonyl (C=O) groups excluding carboxylic acids is 1. The van der Waals surface area contributed by atoms with Crippen LogP contribution in [0.2, 0.25) is 0 Å². The number of rotatable bonds is 7. The Hall–Kier alpha value is -2.19. The SMILES string of the molecule is Cc1cc(-c2nnc(SCC(=O)Nc3sc4c(c3C#N)CCCCCC4)n2CC2CCCO2)cs1. The number of ether oxygens (including phenoxy) is 1. The van der Waals surface area contributed by atoms with Crippen LogP contribution in [-0.4, -0.2) is 39.1 Å². The van der Waals surface area contributed by atoms with Gasteiger partial charge in [-0.3, -0.25) is 9.36 Å². The van der Waals surface area contributed by atoms with Crippen LogP contribution in [0.1, 0.15) is 59.4 Å². The van der Waals surface area contributed by atoms with E-state index in [2.05, 4.69) is 44.5 Å². The Labute approximate surface area is 217 Å². The summed E-state index contributed by atoms with van der Waals surface area (Å²) in [5.41, 5.74) is 2.85. The summed E-state index contributed by atoms with van der Waals surface area (Å²) >= 11 is 4.65. The first-order chi connectivity index (χ1) is 17.1. The summed E-state index contributed by atoms with van der Waals surface area (Å²) < 4.78 is 7.96. The molecule has 1 fully saturated rings. The molecule has 2 aliphatic rings. The molecule has 1 saturated heterocycles. The number of aromatic nitrogens is 3. The standard InChI is InChI=1S/C25H29N5O2S3/c1-16-11-17(14-33-16)23-28-29-25(30(23)13-18-7-6-10-32-18)34-15-22(31)27-24-20(12-26)19-8-4-2-3-5-9-21(19)35-24/h11,14,18H,2-10,13,15H2,1H3,(H,27,31). The first-order valence-corrected chi connectivity index (χ1v) is 14.9. The summed E-state index contributed by atoms with van der Waals surface area (Å²) in [4.78, 5) is 15.4. The van der Waals surface area contributed by atoms with Gasteiger partial charge in [-0.2, -0.15) is 5.26 Å². The molecular formula is C25H29N5O2S3. The van der Waals surface area contributed by atoms with Gasteiger partial charge in [0.15, 0.2) is 11.0 Å². The Morgan fingerprint density at radius 3 is 2.89 bits per heavy atom. The Morgan fingerprint density at radius 1 is 1.29 bits per heavy atom. The van der Waals surface area contributed by atoms with Gasteiger partial charge in [0.2, 0.25) is 5.91 Å². The van der Waals surface area contributed by atoms with Crippen LogP contribution in [-0.2, 0) is 28.9 Å². The van der Waals surface area contributed by atoms with E-state index in [1.165, 1.54) is 34.4 Å². The van der Waals surface area contributed by atoms with Crippen molar-refractivity contribution in [2.24, 2.45) is 0 Å². The van der Waals surface area contributed by atoms with E-state index in [1.54, 1.807) is 22.7 Å². The number of amides is 1. The second-order valence-corrected chi connectivity index (χ2v) is 12.2. The number of nitrogens with zero attached hydrogens (tertiary/aromatic N) is 4. The number of nitriles is 1. The molecule has 3 aromatic heterocycles. The van der Waals surface area contributed by atoms with Gasteiger partial charge in [0.25, 0.3) is 0 Å². The van der Waals surface area contributed by atoms with E-state index in [0.29, 0.717) is 22.3 Å². The summed E-state index contributed by atoms with van der Waals surface area (Å²) in [6, 6.07) is 4.47. The molecule has 1 atom stereocenters. The van der Waals surface area contributed by atoms with Crippen molar-refractivity contribution in [1.29, 1.82) is 5.26 Å². The molecular weight excluding hydrogens is 499 g/mol. The van der Waals surface area contributed by atoms with E-state index in [-0.39, 0.29) is 17.8 Å². The molecule has 1 unspecified atom stereocenters. The van der Waals surface area contributed by atoms with Gasteiger partial charge >= 0.3 is 0 Å². The van der Waals surface area contributed by atoms with Crippen LogP contribution in [0.4, 0.5) is 5.00 Å². The van der Waals surface area contributed by atoms with Crippen LogP contribution in [0.5, 0.6) is 0 Å². The van der Waals surface area contributed by atoms with E-state index < -0.39 is 0 Å². The van der Waals surface area contributed by atoms with Gasteiger partial charge in [0.05, 0.1) is 24.0 Å². The molecule has 5 rings (SSSR count). The van der Waals surface area contributed by atoms with Crippen molar-refractivity contribution in [3.05, 3.63) is 32.3 Å². The van der Waals surface area contributed by atoms with Gasteiger partial charge in [-0.15, -0.1) is 32.9 Å². The molecule has 1 aliphatic carbocycles.